The molecule has 1 N–H and O–H groups in total. The van der Waals surface area contributed by atoms with E-state index in [1.165, 1.54) is 29.7 Å². The largest absolute Gasteiger partial charge is 0.322 e. The number of amides is 1. The fourth-order valence-electron chi connectivity index (χ4n) is 2.76. The summed E-state index contributed by atoms with van der Waals surface area (Å²) >= 11 is 3.19. The molecule has 1 amide bonds. The molecule has 0 aliphatic heterocycles. The minimum atomic E-state index is -0.522. The third-order valence-electron chi connectivity index (χ3n) is 3.82. The summed E-state index contributed by atoms with van der Waals surface area (Å²) in [5.41, 5.74) is 3.34. The smallest absolute Gasteiger partial charge is 0.258 e. The number of carbonyl (C=O) groups excluding carboxylic acids is 1. The molecule has 0 spiro atoms. The first-order valence-electron chi connectivity index (χ1n) is 7.02. The zero-order chi connectivity index (χ0) is 14.8. The van der Waals surface area contributed by atoms with E-state index in [0.29, 0.717) is 4.47 Å². The van der Waals surface area contributed by atoms with Crippen LogP contribution in [0.5, 0.6) is 0 Å². The third-order valence-corrected chi connectivity index (χ3v) is 4.31. The summed E-state index contributed by atoms with van der Waals surface area (Å²) in [4.78, 5) is 12.3. The lowest BCUT2D eigenvalue weighted by Gasteiger charge is -2.19. The highest BCUT2D eigenvalue weighted by Crippen LogP contribution is 2.28. The highest BCUT2D eigenvalue weighted by atomic mass is 79.9. The van der Waals surface area contributed by atoms with E-state index in [4.69, 9.17) is 0 Å². The molecule has 0 saturated heterocycles. The molecule has 1 aliphatic rings. The number of halogens is 2. The van der Waals surface area contributed by atoms with Crippen molar-refractivity contribution in [2.45, 2.75) is 25.7 Å². The average Bonchev–Trinajstić information content (AvgIpc) is 2.47. The molecule has 0 aromatic heterocycles. The van der Waals surface area contributed by atoms with Gasteiger partial charge in [-0.25, -0.2) is 4.39 Å². The van der Waals surface area contributed by atoms with E-state index in [0.717, 1.165) is 24.9 Å². The summed E-state index contributed by atoms with van der Waals surface area (Å²) in [6.07, 6.45) is 4.33. The Labute approximate surface area is 131 Å². The molecule has 3 rings (SSSR count). The molecular weight excluding hydrogens is 333 g/mol. The van der Waals surface area contributed by atoms with Crippen LogP contribution in [0, 0.1) is 5.82 Å². The van der Waals surface area contributed by atoms with Crippen molar-refractivity contribution in [1.82, 2.24) is 0 Å². The van der Waals surface area contributed by atoms with Crippen molar-refractivity contribution in [3.63, 3.8) is 0 Å². The lowest BCUT2D eigenvalue weighted by atomic mass is 9.90. The monoisotopic (exact) mass is 347 g/mol. The number of anilines is 1. The van der Waals surface area contributed by atoms with E-state index in [-0.39, 0.29) is 5.56 Å². The van der Waals surface area contributed by atoms with E-state index >= 15 is 0 Å². The van der Waals surface area contributed by atoms with Crippen LogP contribution < -0.4 is 5.32 Å². The standard InChI is InChI=1S/C17H15BrFNO/c18-12-8-9-14(15(19)10-12)17(21)20-16-7-3-5-11-4-1-2-6-13(11)16/h3,5,7-10H,1-2,4,6H2,(H,20,21). The summed E-state index contributed by atoms with van der Waals surface area (Å²) in [5.74, 6) is -0.925. The zero-order valence-corrected chi connectivity index (χ0v) is 13.0. The van der Waals surface area contributed by atoms with E-state index in [2.05, 4.69) is 27.3 Å². The minimum Gasteiger partial charge on any atom is -0.322 e. The maximum atomic E-state index is 13.9. The summed E-state index contributed by atoms with van der Waals surface area (Å²) in [5, 5.41) is 2.85. The molecule has 1 aliphatic carbocycles. The highest BCUT2D eigenvalue weighted by molar-refractivity contribution is 9.10. The highest BCUT2D eigenvalue weighted by Gasteiger charge is 2.17. The first-order chi connectivity index (χ1) is 10.1. The van der Waals surface area contributed by atoms with Crippen LogP contribution in [0.15, 0.2) is 40.9 Å². The Balaban J connectivity index is 1.88. The van der Waals surface area contributed by atoms with Gasteiger partial charge in [0, 0.05) is 10.2 Å². The maximum absolute atomic E-state index is 13.9. The number of fused-ring (bicyclic) bond motifs is 1. The molecule has 0 unspecified atom stereocenters. The van der Waals surface area contributed by atoms with Gasteiger partial charge in [0.15, 0.2) is 0 Å². The van der Waals surface area contributed by atoms with Crippen LogP contribution in [-0.2, 0) is 12.8 Å². The Morgan fingerprint density at radius 1 is 1.14 bits per heavy atom. The van der Waals surface area contributed by atoms with Gasteiger partial charge in [0.25, 0.3) is 5.91 Å². The SMILES string of the molecule is O=C(Nc1cccc2c1CCCC2)c1ccc(Br)cc1F. The van der Waals surface area contributed by atoms with Crippen LogP contribution in [0.2, 0.25) is 0 Å². The van der Waals surface area contributed by atoms with Crippen LogP contribution in [-0.4, -0.2) is 5.91 Å². The van der Waals surface area contributed by atoms with Crippen molar-refractivity contribution >= 4 is 27.5 Å². The summed E-state index contributed by atoms with van der Waals surface area (Å²) in [6, 6.07) is 10.4. The van der Waals surface area contributed by atoms with Gasteiger partial charge in [-0.1, -0.05) is 28.1 Å². The average molecular weight is 348 g/mol. The van der Waals surface area contributed by atoms with Gasteiger partial charge >= 0.3 is 0 Å². The lowest BCUT2D eigenvalue weighted by molar-refractivity contribution is 0.102. The molecule has 2 aromatic carbocycles. The summed E-state index contributed by atoms with van der Waals surface area (Å²) in [7, 11) is 0. The second-order valence-electron chi connectivity index (χ2n) is 5.23. The number of carbonyl (C=O) groups is 1. The van der Waals surface area contributed by atoms with Gasteiger partial charge in [-0.15, -0.1) is 0 Å². The van der Waals surface area contributed by atoms with Crippen molar-refractivity contribution in [2.75, 3.05) is 5.32 Å². The number of benzene rings is 2. The first kappa shape index (κ1) is 14.3. The zero-order valence-electron chi connectivity index (χ0n) is 11.5. The predicted molar refractivity (Wildman–Crippen MR) is 85.1 cm³/mol. The molecule has 2 nitrogen and oxygen atoms in total. The lowest BCUT2D eigenvalue weighted by Crippen LogP contribution is -2.16. The van der Waals surface area contributed by atoms with Gasteiger partial charge in [0.1, 0.15) is 5.82 Å². The molecule has 0 heterocycles. The first-order valence-corrected chi connectivity index (χ1v) is 7.81. The van der Waals surface area contributed by atoms with Gasteiger partial charge in [-0.05, 0) is 61.1 Å². The molecule has 21 heavy (non-hydrogen) atoms. The number of hydrogen-bond acceptors (Lipinski definition) is 1. The van der Waals surface area contributed by atoms with Gasteiger partial charge in [0.05, 0.1) is 5.56 Å². The van der Waals surface area contributed by atoms with Crippen molar-refractivity contribution < 1.29 is 9.18 Å². The van der Waals surface area contributed by atoms with Gasteiger partial charge in [-0.2, -0.15) is 0 Å². The Morgan fingerprint density at radius 3 is 2.76 bits per heavy atom. The van der Waals surface area contributed by atoms with Gasteiger partial charge < -0.3 is 5.32 Å². The number of aryl methyl sites for hydroxylation is 1. The second-order valence-corrected chi connectivity index (χ2v) is 6.14. The van der Waals surface area contributed by atoms with Gasteiger partial charge in [-0.3, -0.25) is 4.79 Å². The molecule has 0 atom stereocenters. The van der Waals surface area contributed by atoms with E-state index in [1.807, 2.05) is 12.1 Å². The Hall–Kier alpha value is -1.68. The van der Waals surface area contributed by atoms with Gasteiger partial charge in [0.2, 0.25) is 0 Å². The van der Waals surface area contributed by atoms with Crippen LogP contribution in [0.4, 0.5) is 10.1 Å². The Bertz CT molecular complexity index is 699. The van der Waals surface area contributed by atoms with Crippen molar-refractivity contribution in [1.29, 1.82) is 0 Å². The minimum absolute atomic E-state index is 0.0617. The van der Waals surface area contributed by atoms with E-state index in [9.17, 15) is 9.18 Å². The van der Waals surface area contributed by atoms with E-state index in [1.54, 1.807) is 6.07 Å². The molecule has 0 fully saturated rings. The summed E-state index contributed by atoms with van der Waals surface area (Å²) < 4.78 is 14.5. The summed E-state index contributed by atoms with van der Waals surface area (Å²) in [6.45, 7) is 0. The van der Waals surface area contributed by atoms with Crippen molar-refractivity contribution in [2.24, 2.45) is 0 Å². The van der Waals surface area contributed by atoms with E-state index < -0.39 is 11.7 Å². The number of hydrogen-bond donors (Lipinski definition) is 1. The van der Waals surface area contributed by atoms with Crippen LogP contribution in [0.1, 0.15) is 34.3 Å². The molecule has 0 radical (unpaired) electrons. The molecular formula is C17H15BrFNO. The Morgan fingerprint density at radius 2 is 1.95 bits per heavy atom. The topological polar surface area (TPSA) is 29.1 Å². The maximum Gasteiger partial charge on any atom is 0.258 e. The second kappa shape index (κ2) is 5.98. The molecule has 2 aromatic rings. The van der Waals surface area contributed by atoms with Crippen LogP contribution in [0.25, 0.3) is 0 Å². The predicted octanol–water partition coefficient (Wildman–Crippen LogP) is 4.72. The molecule has 4 heteroatoms. The quantitative estimate of drug-likeness (QED) is 0.836. The molecule has 108 valence electrons. The number of rotatable bonds is 2. The fourth-order valence-corrected chi connectivity index (χ4v) is 3.09. The number of nitrogens with one attached hydrogen (secondary N) is 1. The van der Waals surface area contributed by atoms with Crippen molar-refractivity contribution in [3.05, 3.63) is 63.4 Å². The van der Waals surface area contributed by atoms with Crippen LogP contribution >= 0.6 is 15.9 Å². The molecule has 0 bridgehead atoms. The van der Waals surface area contributed by atoms with Crippen LogP contribution in [0.3, 0.4) is 0 Å². The third kappa shape index (κ3) is 3.00. The Kier molecular flexibility index (Phi) is 4.06. The fraction of sp³-hybridized carbons (Fsp3) is 0.235. The normalized spacial score (nSPS) is 13.6. The molecule has 0 saturated carbocycles. The van der Waals surface area contributed by atoms with Crippen molar-refractivity contribution in [3.8, 4) is 0 Å².